The lowest BCUT2D eigenvalue weighted by Gasteiger charge is -2.26. The highest BCUT2D eigenvalue weighted by atomic mass is 19.3. The summed E-state index contributed by atoms with van der Waals surface area (Å²) in [6.07, 6.45) is -0.138. The summed E-state index contributed by atoms with van der Waals surface area (Å²) in [6.45, 7) is 4.59. The molecule has 1 aromatic carbocycles. The quantitative estimate of drug-likeness (QED) is 0.593. The van der Waals surface area contributed by atoms with Gasteiger partial charge in [-0.1, -0.05) is 6.58 Å². The van der Waals surface area contributed by atoms with Gasteiger partial charge in [-0.15, -0.1) is 0 Å². The molecule has 0 spiro atoms. The van der Waals surface area contributed by atoms with Crippen molar-refractivity contribution in [2.75, 3.05) is 11.9 Å². The number of hydrogen-bond donors (Lipinski definition) is 1. The van der Waals surface area contributed by atoms with E-state index in [1.165, 1.54) is 12.3 Å². The zero-order valence-corrected chi connectivity index (χ0v) is 15.7. The average molecular weight is 417 g/mol. The van der Waals surface area contributed by atoms with Crippen LogP contribution in [0.2, 0.25) is 0 Å². The summed E-state index contributed by atoms with van der Waals surface area (Å²) in [6, 6.07) is 6.33. The van der Waals surface area contributed by atoms with Gasteiger partial charge in [0.1, 0.15) is 5.82 Å². The van der Waals surface area contributed by atoms with Gasteiger partial charge >= 0.3 is 6.11 Å². The normalized spacial score (nSPS) is 14.3. The highest BCUT2D eigenvalue weighted by Gasteiger charge is 2.38. The van der Waals surface area contributed by atoms with Crippen LogP contribution in [0.25, 0.3) is 16.8 Å². The zero-order valence-electron chi connectivity index (χ0n) is 15.7. The highest BCUT2D eigenvalue weighted by Crippen LogP contribution is 2.41. The van der Waals surface area contributed by atoms with Crippen molar-refractivity contribution < 1.29 is 27.0 Å². The Bertz CT molecular complexity index is 1110. The fourth-order valence-corrected chi connectivity index (χ4v) is 3.06. The van der Waals surface area contributed by atoms with E-state index in [0.717, 1.165) is 18.0 Å². The zero-order chi connectivity index (χ0) is 21.5. The molecule has 154 valence electrons. The summed E-state index contributed by atoms with van der Waals surface area (Å²) < 4.78 is 64.3. The fraction of sp³-hybridized carbons (Fsp3) is 0.143. The van der Waals surface area contributed by atoms with E-state index in [4.69, 9.17) is 9.47 Å². The number of aryl methyl sites for hydroxylation is 1. The van der Waals surface area contributed by atoms with Gasteiger partial charge in [-0.3, -0.25) is 4.98 Å². The number of benzene rings is 1. The minimum Gasteiger partial charge on any atom is -0.479 e. The molecular formula is C21H15F4N3O2. The summed E-state index contributed by atoms with van der Waals surface area (Å²) in [7, 11) is 0. The maximum atomic E-state index is 13.8. The van der Waals surface area contributed by atoms with Gasteiger partial charge in [-0.2, -0.15) is 8.78 Å². The predicted molar refractivity (Wildman–Crippen MR) is 102 cm³/mol. The molecule has 0 aliphatic carbocycles. The van der Waals surface area contributed by atoms with Crippen molar-refractivity contribution in [1.82, 2.24) is 9.97 Å². The molecule has 3 aromatic rings. The van der Waals surface area contributed by atoms with Gasteiger partial charge < -0.3 is 14.8 Å². The number of alkyl halides is 2. The first-order valence-electron chi connectivity index (χ1n) is 8.79. The second-order valence-corrected chi connectivity index (χ2v) is 6.66. The van der Waals surface area contributed by atoms with E-state index in [2.05, 4.69) is 21.9 Å². The lowest BCUT2D eigenvalue weighted by Crippen LogP contribution is -2.36. The van der Waals surface area contributed by atoms with Crippen LogP contribution in [0.5, 0.6) is 11.5 Å². The van der Waals surface area contributed by atoms with Crippen LogP contribution >= 0.6 is 0 Å². The van der Waals surface area contributed by atoms with Gasteiger partial charge in [0.2, 0.25) is 0 Å². The summed E-state index contributed by atoms with van der Waals surface area (Å²) in [5.74, 6) is -1.24. The van der Waals surface area contributed by atoms with Gasteiger partial charge in [0, 0.05) is 17.5 Å². The van der Waals surface area contributed by atoms with Crippen molar-refractivity contribution in [3.8, 4) is 22.6 Å². The molecule has 5 nitrogen and oxygen atoms in total. The molecule has 1 N–H and O–H groups in total. The monoisotopic (exact) mass is 417 g/mol. The van der Waals surface area contributed by atoms with Crippen molar-refractivity contribution in [3.63, 3.8) is 0 Å². The SMILES string of the molecule is C=C(Nc1ccc(-c2cc3c(cc2C)OCC(F)(F)O3)cn1)c1c(F)cncc1F. The maximum absolute atomic E-state index is 13.8. The van der Waals surface area contributed by atoms with Crippen molar-refractivity contribution in [1.29, 1.82) is 0 Å². The Kier molecular flexibility index (Phi) is 4.81. The van der Waals surface area contributed by atoms with Crippen molar-refractivity contribution in [3.05, 3.63) is 72.2 Å². The molecule has 30 heavy (non-hydrogen) atoms. The van der Waals surface area contributed by atoms with E-state index in [1.807, 2.05) is 0 Å². The third-order valence-corrected chi connectivity index (χ3v) is 4.45. The number of fused-ring (bicyclic) bond motifs is 1. The van der Waals surface area contributed by atoms with Crippen LogP contribution in [0, 0.1) is 18.6 Å². The minimum absolute atomic E-state index is 0.0228. The molecule has 2 aromatic heterocycles. The molecule has 0 bridgehead atoms. The Labute approximate surface area is 169 Å². The smallest absolute Gasteiger partial charge is 0.433 e. The topological polar surface area (TPSA) is 56.3 Å². The number of pyridine rings is 2. The third kappa shape index (κ3) is 3.78. The molecule has 1 aliphatic heterocycles. The first-order chi connectivity index (χ1) is 14.2. The number of halogens is 4. The van der Waals surface area contributed by atoms with E-state index in [-0.39, 0.29) is 22.8 Å². The second kappa shape index (κ2) is 7.33. The Morgan fingerprint density at radius 1 is 1.10 bits per heavy atom. The van der Waals surface area contributed by atoms with Crippen LogP contribution in [0.3, 0.4) is 0 Å². The van der Waals surface area contributed by atoms with Crippen LogP contribution in [0.1, 0.15) is 11.1 Å². The van der Waals surface area contributed by atoms with E-state index >= 15 is 0 Å². The standard InChI is InChI=1S/C21H15F4N3O2/c1-11-5-17-18(30-21(24,25)10-29-17)6-14(11)13-3-4-19(27-7-13)28-12(2)20-15(22)8-26-9-16(20)23/h3-9H,2,10H2,1H3,(H,27,28). The van der Waals surface area contributed by atoms with Crippen molar-refractivity contribution in [2.45, 2.75) is 13.0 Å². The van der Waals surface area contributed by atoms with Crippen molar-refractivity contribution in [2.24, 2.45) is 0 Å². The Morgan fingerprint density at radius 3 is 2.50 bits per heavy atom. The highest BCUT2D eigenvalue weighted by molar-refractivity contribution is 5.76. The minimum atomic E-state index is -3.40. The van der Waals surface area contributed by atoms with Gasteiger partial charge in [0.15, 0.2) is 29.7 Å². The lowest BCUT2D eigenvalue weighted by atomic mass is 10.0. The summed E-state index contributed by atoms with van der Waals surface area (Å²) in [4.78, 5) is 7.64. The Hall–Kier alpha value is -3.62. The molecule has 9 heteroatoms. The first kappa shape index (κ1) is 19.7. The third-order valence-electron chi connectivity index (χ3n) is 4.45. The molecular weight excluding hydrogens is 402 g/mol. The van der Waals surface area contributed by atoms with E-state index in [9.17, 15) is 17.6 Å². The Balaban J connectivity index is 1.58. The van der Waals surface area contributed by atoms with Crippen LogP contribution < -0.4 is 14.8 Å². The molecule has 0 radical (unpaired) electrons. The van der Waals surface area contributed by atoms with E-state index < -0.39 is 24.3 Å². The van der Waals surface area contributed by atoms with Crippen LogP contribution in [0.4, 0.5) is 23.4 Å². The number of rotatable bonds is 4. The van der Waals surface area contributed by atoms with Crippen LogP contribution in [0.15, 0.2) is 49.4 Å². The molecule has 0 saturated carbocycles. The molecule has 0 atom stereocenters. The number of aromatic nitrogens is 2. The molecule has 4 rings (SSSR count). The first-order valence-corrected chi connectivity index (χ1v) is 8.79. The molecule has 3 heterocycles. The number of hydrogen-bond acceptors (Lipinski definition) is 5. The molecule has 0 unspecified atom stereocenters. The van der Waals surface area contributed by atoms with Crippen molar-refractivity contribution >= 4 is 11.5 Å². The van der Waals surface area contributed by atoms with Gasteiger partial charge in [0.25, 0.3) is 0 Å². The molecule has 0 saturated heterocycles. The van der Waals surface area contributed by atoms with Gasteiger partial charge in [0.05, 0.1) is 18.0 Å². The average Bonchev–Trinajstić information content (AvgIpc) is 2.68. The van der Waals surface area contributed by atoms with Gasteiger partial charge in [-0.25, -0.2) is 13.8 Å². The molecule has 1 aliphatic rings. The number of ether oxygens (including phenoxy) is 2. The number of nitrogens with zero attached hydrogens (tertiary/aromatic N) is 2. The summed E-state index contributed by atoms with van der Waals surface area (Å²) in [5, 5.41) is 2.74. The number of nitrogens with one attached hydrogen (secondary N) is 1. The van der Waals surface area contributed by atoms with Crippen LogP contribution in [-0.4, -0.2) is 22.7 Å². The Morgan fingerprint density at radius 2 is 1.83 bits per heavy atom. The predicted octanol–water partition coefficient (Wildman–Crippen LogP) is 5.18. The van der Waals surface area contributed by atoms with Crippen LogP contribution in [-0.2, 0) is 0 Å². The van der Waals surface area contributed by atoms with E-state index in [1.54, 1.807) is 25.1 Å². The number of anilines is 1. The molecule has 0 fully saturated rings. The van der Waals surface area contributed by atoms with Gasteiger partial charge in [-0.05, 0) is 42.3 Å². The molecule has 0 amide bonds. The summed E-state index contributed by atoms with van der Waals surface area (Å²) in [5.41, 5.74) is 1.67. The largest absolute Gasteiger partial charge is 0.479 e. The van der Waals surface area contributed by atoms with E-state index in [0.29, 0.717) is 16.9 Å². The summed E-state index contributed by atoms with van der Waals surface area (Å²) >= 11 is 0. The second-order valence-electron chi connectivity index (χ2n) is 6.66. The maximum Gasteiger partial charge on any atom is 0.433 e. The lowest BCUT2D eigenvalue weighted by molar-refractivity contribution is -0.208. The fourth-order valence-electron chi connectivity index (χ4n) is 3.06.